The second-order valence-corrected chi connectivity index (χ2v) is 19.3. The number of unbranched alkanes of at least 4 members (excludes halogenated alkanes) is 12. The molecule has 0 aromatic carbocycles. The Bertz CT molecular complexity index is 1770. The highest BCUT2D eigenvalue weighted by Gasteiger charge is 2.26. The quantitative estimate of drug-likeness (QED) is 0.0387. The zero-order valence-electron chi connectivity index (χ0n) is 46.0. The van der Waals surface area contributed by atoms with Gasteiger partial charge in [-0.1, -0.05) is 77.6 Å². The summed E-state index contributed by atoms with van der Waals surface area (Å²) in [5.41, 5.74) is 0. The fourth-order valence-corrected chi connectivity index (χ4v) is 8.06. The maximum Gasteiger partial charge on any atom is 0.326 e. The van der Waals surface area contributed by atoms with Crippen LogP contribution in [0.3, 0.4) is 0 Å². The van der Waals surface area contributed by atoms with E-state index < -0.39 is 85.0 Å². The van der Waals surface area contributed by atoms with E-state index in [1.54, 1.807) is 0 Å². The van der Waals surface area contributed by atoms with Crippen LogP contribution in [0.1, 0.15) is 180 Å². The Balaban J connectivity index is 4.00. The van der Waals surface area contributed by atoms with Crippen molar-refractivity contribution in [2.45, 2.75) is 192 Å². The third-order valence-electron chi connectivity index (χ3n) is 12.7. The van der Waals surface area contributed by atoms with Crippen molar-refractivity contribution in [2.24, 2.45) is 11.8 Å². The van der Waals surface area contributed by atoms with E-state index in [1.807, 2.05) is 6.92 Å². The molecule has 0 aliphatic carbocycles. The predicted molar refractivity (Wildman–Crippen MR) is 283 cm³/mol. The average Bonchev–Trinajstić information content (AvgIpc) is 3.39. The summed E-state index contributed by atoms with van der Waals surface area (Å²) < 4.78 is 21.4. The van der Waals surface area contributed by atoms with Crippen molar-refractivity contribution in [1.82, 2.24) is 21.3 Å². The van der Waals surface area contributed by atoms with Gasteiger partial charge >= 0.3 is 23.9 Å². The number of ketones is 3. The van der Waals surface area contributed by atoms with Crippen LogP contribution >= 0.6 is 0 Å². The van der Waals surface area contributed by atoms with Crippen LogP contribution in [-0.2, 0) is 71.7 Å². The molecule has 9 N–H and O–H groups in total. The molecule has 0 aliphatic heterocycles. The minimum Gasteiger partial charge on any atom is -0.481 e. The summed E-state index contributed by atoms with van der Waals surface area (Å²) in [6, 6.07) is -2.54. The van der Waals surface area contributed by atoms with Crippen molar-refractivity contribution in [2.75, 3.05) is 72.6 Å². The molecule has 448 valence electrons. The van der Waals surface area contributed by atoms with Crippen molar-refractivity contribution in [3.05, 3.63) is 0 Å². The number of aliphatic hydroxyl groups excluding tert-OH is 1. The van der Waals surface area contributed by atoms with Crippen LogP contribution in [0.25, 0.3) is 0 Å². The lowest BCUT2D eigenvalue weighted by Gasteiger charge is -2.16. The summed E-state index contributed by atoms with van der Waals surface area (Å²) in [5.74, 6) is -8.94. The fraction of sp³-hybridized carbons (Fsp3) is 0.796. The van der Waals surface area contributed by atoms with Crippen molar-refractivity contribution in [1.29, 1.82) is 0 Å². The molecule has 0 heterocycles. The number of hydrogen-bond donors (Lipinski definition) is 9. The van der Waals surface area contributed by atoms with Crippen LogP contribution in [0.5, 0.6) is 0 Å². The number of ether oxygens (including phenoxy) is 4. The summed E-state index contributed by atoms with van der Waals surface area (Å²) >= 11 is 0. The van der Waals surface area contributed by atoms with Gasteiger partial charge in [0.25, 0.3) is 0 Å². The van der Waals surface area contributed by atoms with Crippen LogP contribution in [0.2, 0.25) is 0 Å². The van der Waals surface area contributed by atoms with E-state index in [-0.39, 0.29) is 134 Å². The number of carbonyl (C=O) groups excluding carboxylic acids is 7. The molecule has 0 fully saturated rings. The van der Waals surface area contributed by atoms with E-state index in [9.17, 15) is 68.1 Å². The van der Waals surface area contributed by atoms with Crippen molar-refractivity contribution in [3.63, 3.8) is 0 Å². The fourth-order valence-electron chi connectivity index (χ4n) is 8.06. The lowest BCUT2D eigenvalue weighted by Crippen LogP contribution is -2.42. The van der Waals surface area contributed by atoms with Gasteiger partial charge in [-0.15, -0.1) is 0 Å². The Kier molecular flexibility index (Phi) is 45.3. The first-order valence-corrected chi connectivity index (χ1v) is 27.9. The molecule has 0 unspecified atom stereocenters. The average molecular weight is 1120 g/mol. The molecule has 0 saturated heterocycles. The second kappa shape index (κ2) is 48.7. The lowest BCUT2D eigenvalue weighted by atomic mass is 9.95. The highest BCUT2D eigenvalue weighted by Crippen LogP contribution is 2.16. The van der Waals surface area contributed by atoms with Crippen LogP contribution < -0.4 is 21.3 Å². The summed E-state index contributed by atoms with van der Waals surface area (Å²) in [4.78, 5) is 131. The number of carbonyl (C=O) groups is 11. The highest BCUT2D eigenvalue weighted by atomic mass is 16.5. The molecular weight excluding hydrogens is 1020 g/mol. The predicted octanol–water partition coefficient (Wildman–Crippen LogP) is 4.08. The smallest absolute Gasteiger partial charge is 0.326 e. The Morgan fingerprint density at radius 3 is 1.45 bits per heavy atom. The number of aliphatic carboxylic acids is 4. The third-order valence-corrected chi connectivity index (χ3v) is 12.7. The second-order valence-electron chi connectivity index (χ2n) is 19.3. The number of carboxylic acid groups (broad SMARTS) is 4. The summed E-state index contributed by atoms with van der Waals surface area (Å²) in [6.07, 6.45) is 14.1. The van der Waals surface area contributed by atoms with Crippen LogP contribution in [-0.4, -0.2) is 175 Å². The van der Waals surface area contributed by atoms with Gasteiger partial charge in [0, 0.05) is 70.6 Å². The molecule has 24 heteroatoms. The SMILES string of the molecule is CC[C@@H](CCCCNC(=O)CC[C@H](NC(=O)CC[C@H](CC(=O)COCCOCCNC(=O)COCCOCCCC(=O)CC[C@H](NC(=O)CCCCCCCCCCCCCCC(=O)O)C(=O)O)C(=O)O)C(=O)O)C(=O)CO. The number of nitrogens with one attached hydrogen (secondary N) is 4. The van der Waals surface area contributed by atoms with Crippen LogP contribution in [0.15, 0.2) is 0 Å². The van der Waals surface area contributed by atoms with Gasteiger partial charge in [0.05, 0.1) is 39.0 Å². The van der Waals surface area contributed by atoms with Gasteiger partial charge in [-0.25, -0.2) is 9.59 Å². The minimum atomic E-state index is -1.40. The zero-order valence-corrected chi connectivity index (χ0v) is 46.0. The summed E-state index contributed by atoms with van der Waals surface area (Å²) in [7, 11) is 0. The van der Waals surface area contributed by atoms with E-state index in [4.69, 9.17) is 29.2 Å². The molecule has 0 saturated carbocycles. The lowest BCUT2D eigenvalue weighted by molar-refractivity contribution is -0.145. The van der Waals surface area contributed by atoms with Gasteiger partial charge in [0.2, 0.25) is 23.6 Å². The first kappa shape index (κ1) is 72.6. The molecule has 0 aromatic heterocycles. The number of aliphatic hydroxyl groups is 1. The van der Waals surface area contributed by atoms with E-state index in [2.05, 4.69) is 21.3 Å². The summed E-state index contributed by atoms with van der Waals surface area (Å²) in [5, 5.41) is 56.5. The molecule has 0 aromatic rings. The van der Waals surface area contributed by atoms with E-state index >= 15 is 0 Å². The number of rotatable bonds is 56. The van der Waals surface area contributed by atoms with Crippen molar-refractivity contribution in [3.8, 4) is 0 Å². The Labute approximate surface area is 458 Å². The molecule has 0 rings (SSSR count). The molecule has 4 atom stereocenters. The zero-order chi connectivity index (χ0) is 58.2. The number of carboxylic acids is 4. The molecule has 24 nitrogen and oxygen atoms in total. The molecule has 0 radical (unpaired) electrons. The van der Waals surface area contributed by atoms with Gasteiger partial charge in [-0.05, 0) is 57.8 Å². The highest BCUT2D eigenvalue weighted by molar-refractivity contribution is 5.87. The maximum atomic E-state index is 12.5. The van der Waals surface area contributed by atoms with Gasteiger partial charge in [0.15, 0.2) is 11.6 Å². The Morgan fingerprint density at radius 1 is 0.397 bits per heavy atom. The van der Waals surface area contributed by atoms with Gasteiger partial charge in [-0.2, -0.15) is 0 Å². The van der Waals surface area contributed by atoms with Gasteiger partial charge in [-0.3, -0.25) is 43.2 Å². The molecule has 0 spiro atoms. The Hall–Kier alpha value is -5.43. The molecule has 4 amide bonds. The number of amides is 4. The standard InChI is InChI=1S/C54H92N4O20/c1-2-40(46(62)37-59)18-15-16-28-55-47(63)27-25-45(54(73)74)58-49(65)26-22-41(52(69)70)36-43(61)38-77-34-33-76-31-29-56-50(66)39-78-35-32-75-30-17-19-42(60)23-24-44(53(71)72)57-48(64)20-13-11-9-7-5-3-4-6-8-10-12-14-21-51(67)68/h40-41,44-45,59H,2-39H2,1H3,(H,55,63)(H,56,66)(H,57,64)(H,58,65)(H,67,68)(H,69,70)(H,71,72)(H,73,74)/t40-,41+,44-,45-/m0/s1. The topological polar surface area (TPSA) is 374 Å². The van der Waals surface area contributed by atoms with Crippen molar-refractivity contribution >= 4 is 64.9 Å². The molecule has 78 heavy (non-hydrogen) atoms. The van der Waals surface area contributed by atoms with Crippen LogP contribution in [0, 0.1) is 11.8 Å². The van der Waals surface area contributed by atoms with Crippen LogP contribution in [0.4, 0.5) is 0 Å². The van der Waals surface area contributed by atoms with Gasteiger partial charge < -0.3 is 65.7 Å². The van der Waals surface area contributed by atoms with E-state index in [0.29, 0.717) is 45.1 Å². The molecule has 0 bridgehead atoms. The molecular formula is C54H92N4O20. The normalized spacial score (nSPS) is 12.6. The first-order chi connectivity index (χ1) is 37.4. The number of hydrogen-bond acceptors (Lipinski definition) is 16. The molecule has 0 aliphatic rings. The first-order valence-electron chi connectivity index (χ1n) is 27.9. The monoisotopic (exact) mass is 1120 g/mol. The maximum absolute atomic E-state index is 12.5. The van der Waals surface area contributed by atoms with Crippen molar-refractivity contribution < 1.29 is 97.2 Å². The third kappa shape index (κ3) is 43.5. The summed E-state index contributed by atoms with van der Waals surface area (Å²) in [6.45, 7) is 1.90. The Morgan fingerprint density at radius 2 is 0.897 bits per heavy atom. The minimum absolute atomic E-state index is 0.00243. The number of Topliss-reactive ketones (excluding diaryl/α,β-unsaturated/α-hetero) is 3. The van der Waals surface area contributed by atoms with E-state index in [1.165, 1.54) is 0 Å². The largest absolute Gasteiger partial charge is 0.481 e. The van der Waals surface area contributed by atoms with Gasteiger partial charge in [0.1, 0.15) is 37.7 Å². The van der Waals surface area contributed by atoms with E-state index in [0.717, 1.165) is 70.6 Å².